The van der Waals surface area contributed by atoms with Crippen molar-refractivity contribution in [3.8, 4) is 0 Å². The fraction of sp³-hybridized carbons (Fsp3) is 0.500. The quantitative estimate of drug-likeness (QED) is 0.294. The van der Waals surface area contributed by atoms with Crippen LogP contribution in [0.1, 0.15) is 74.2 Å². The number of halogens is 1. The lowest BCUT2D eigenvalue weighted by atomic mass is 9.98. The van der Waals surface area contributed by atoms with E-state index in [4.69, 9.17) is 11.6 Å². The second-order valence-corrected chi connectivity index (χ2v) is 12.4. The average molecular weight is 591 g/mol. The molecule has 2 aliphatic rings. The third-order valence-corrected chi connectivity index (χ3v) is 9.26. The van der Waals surface area contributed by atoms with Gasteiger partial charge in [0, 0.05) is 75.1 Å². The number of likely N-dealkylation sites (tertiary alicyclic amines) is 1. The van der Waals surface area contributed by atoms with Crippen LogP contribution in [0.2, 0.25) is 5.02 Å². The molecule has 5 rings (SSSR count). The molecule has 0 radical (unpaired) electrons. The molecule has 2 heterocycles. The maximum atomic E-state index is 13.6. The van der Waals surface area contributed by atoms with Gasteiger partial charge < -0.3 is 10.2 Å². The van der Waals surface area contributed by atoms with Gasteiger partial charge in [-0.3, -0.25) is 23.9 Å². The highest BCUT2D eigenvalue weighted by Crippen LogP contribution is 2.30. The van der Waals surface area contributed by atoms with Crippen molar-refractivity contribution in [3.05, 3.63) is 70.9 Å². The lowest BCUT2D eigenvalue weighted by Gasteiger charge is -2.39. The topological polar surface area (TPSA) is 74.7 Å². The van der Waals surface area contributed by atoms with Crippen LogP contribution in [0.5, 0.6) is 0 Å². The second kappa shape index (κ2) is 14.3. The number of hydrogen-bond donors (Lipinski definition) is 1. The maximum Gasteiger partial charge on any atom is 0.227 e. The van der Waals surface area contributed by atoms with E-state index in [1.165, 1.54) is 12.8 Å². The van der Waals surface area contributed by atoms with Crippen LogP contribution in [0.3, 0.4) is 0 Å². The molecule has 224 valence electrons. The molecule has 2 fully saturated rings. The van der Waals surface area contributed by atoms with Crippen molar-refractivity contribution in [2.24, 2.45) is 5.92 Å². The Kier molecular flexibility index (Phi) is 10.3. The van der Waals surface area contributed by atoms with Crippen molar-refractivity contribution in [2.75, 3.05) is 26.2 Å². The number of hydrogen-bond acceptors (Lipinski definition) is 4. The first-order valence-corrected chi connectivity index (χ1v) is 15.9. The maximum absolute atomic E-state index is 13.6. The number of nitrogens with one attached hydrogen (secondary N) is 1. The summed E-state index contributed by atoms with van der Waals surface area (Å²) < 4.78 is 1.74. The van der Waals surface area contributed by atoms with E-state index in [1.54, 1.807) is 11.5 Å². The van der Waals surface area contributed by atoms with Crippen LogP contribution >= 0.6 is 11.6 Å². The molecule has 2 aromatic carbocycles. The summed E-state index contributed by atoms with van der Waals surface area (Å²) in [6.45, 7) is 5.16. The predicted molar refractivity (Wildman–Crippen MR) is 168 cm³/mol. The standard InChI is InChI=1S/C34H43ClN4O3/c1-25(40)39-24-28(31-8-4-5-9-32(31)39)23-37-19-15-30(16-20-37)38(34(42)22-27-6-2-3-7-27)21-17-33(41)36-18-14-26-10-12-29(35)13-11-26/h4-5,8-13,24,27,30H,2-3,6-7,14-23H2,1H3,(H,36,41). The van der Waals surface area contributed by atoms with E-state index in [9.17, 15) is 14.4 Å². The van der Waals surface area contributed by atoms with Gasteiger partial charge in [-0.25, -0.2) is 0 Å². The molecule has 1 saturated heterocycles. The number of amides is 2. The Bertz CT molecular complexity index is 1370. The zero-order chi connectivity index (χ0) is 29.5. The minimum atomic E-state index is -0.0121. The Morgan fingerprint density at radius 2 is 1.69 bits per heavy atom. The molecule has 42 heavy (non-hydrogen) atoms. The summed E-state index contributed by atoms with van der Waals surface area (Å²) >= 11 is 5.97. The van der Waals surface area contributed by atoms with Crippen LogP contribution in [-0.2, 0) is 22.6 Å². The Balaban J connectivity index is 1.16. The van der Waals surface area contributed by atoms with Gasteiger partial charge in [-0.05, 0) is 67.3 Å². The van der Waals surface area contributed by atoms with Crippen molar-refractivity contribution in [1.29, 1.82) is 0 Å². The van der Waals surface area contributed by atoms with Gasteiger partial charge in [-0.2, -0.15) is 0 Å². The SMILES string of the molecule is CC(=O)n1cc(CN2CCC(N(CCC(=O)NCCc3ccc(Cl)cc3)C(=O)CC3CCCC3)CC2)c2ccccc21. The summed E-state index contributed by atoms with van der Waals surface area (Å²) in [6, 6.07) is 15.9. The van der Waals surface area contributed by atoms with Crippen LogP contribution in [0.15, 0.2) is 54.7 Å². The van der Waals surface area contributed by atoms with Crippen LogP contribution in [0.4, 0.5) is 0 Å². The minimum absolute atomic E-state index is 0.0121. The molecule has 1 aliphatic heterocycles. The molecule has 1 saturated carbocycles. The molecule has 2 amide bonds. The van der Waals surface area contributed by atoms with Crippen molar-refractivity contribution in [1.82, 2.24) is 19.7 Å². The molecular formula is C34H43ClN4O3. The highest BCUT2D eigenvalue weighted by atomic mass is 35.5. The van der Waals surface area contributed by atoms with Gasteiger partial charge in [0.05, 0.1) is 5.52 Å². The fourth-order valence-corrected chi connectivity index (χ4v) is 6.79. The van der Waals surface area contributed by atoms with Gasteiger partial charge in [-0.1, -0.05) is 54.8 Å². The molecule has 0 spiro atoms. The predicted octanol–water partition coefficient (Wildman–Crippen LogP) is 6.08. The molecule has 8 heteroatoms. The summed E-state index contributed by atoms with van der Waals surface area (Å²) in [5, 5.41) is 4.85. The molecule has 0 bridgehead atoms. The molecule has 7 nitrogen and oxygen atoms in total. The van der Waals surface area contributed by atoms with E-state index in [2.05, 4.69) is 16.3 Å². The second-order valence-electron chi connectivity index (χ2n) is 12.0. The number of carbonyl (C=O) groups is 3. The zero-order valence-corrected chi connectivity index (χ0v) is 25.5. The van der Waals surface area contributed by atoms with Gasteiger partial charge in [0.15, 0.2) is 0 Å². The highest BCUT2D eigenvalue weighted by Gasteiger charge is 2.30. The first-order chi connectivity index (χ1) is 20.4. The Morgan fingerprint density at radius 3 is 2.40 bits per heavy atom. The van der Waals surface area contributed by atoms with Crippen LogP contribution < -0.4 is 5.32 Å². The number of rotatable bonds is 11. The van der Waals surface area contributed by atoms with Gasteiger partial charge in [0.2, 0.25) is 17.7 Å². The number of fused-ring (bicyclic) bond motifs is 1. The lowest BCUT2D eigenvalue weighted by Crippen LogP contribution is -2.48. The highest BCUT2D eigenvalue weighted by molar-refractivity contribution is 6.30. The first kappa shape index (κ1) is 30.3. The van der Waals surface area contributed by atoms with E-state index in [0.29, 0.717) is 36.9 Å². The molecule has 1 aromatic heterocycles. The monoisotopic (exact) mass is 590 g/mol. The normalized spacial score (nSPS) is 16.6. The smallest absolute Gasteiger partial charge is 0.227 e. The first-order valence-electron chi connectivity index (χ1n) is 15.5. The summed E-state index contributed by atoms with van der Waals surface area (Å²) in [5.74, 6) is 0.689. The minimum Gasteiger partial charge on any atom is -0.356 e. The number of benzene rings is 2. The van der Waals surface area contributed by atoms with Crippen molar-refractivity contribution in [3.63, 3.8) is 0 Å². The number of nitrogens with zero attached hydrogens (tertiary/aromatic N) is 3. The lowest BCUT2D eigenvalue weighted by molar-refractivity contribution is -0.136. The zero-order valence-electron chi connectivity index (χ0n) is 24.7. The van der Waals surface area contributed by atoms with Crippen LogP contribution in [-0.4, -0.2) is 64.3 Å². The molecule has 1 aliphatic carbocycles. The third-order valence-electron chi connectivity index (χ3n) is 9.01. The van der Waals surface area contributed by atoms with Gasteiger partial charge in [0.25, 0.3) is 0 Å². The number of carbonyl (C=O) groups excluding carboxylic acids is 3. The number of para-hydroxylation sites is 1. The molecule has 3 aromatic rings. The summed E-state index contributed by atoms with van der Waals surface area (Å²) in [4.78, 5) is 42.9. The summed E-state index contributed by atoms with van der Waals surface area (Å²) in [5.41, 5.74) is 3.24. The molecule has 0 unspecified atom stereocenters. The van der Waals surface area contributed by atoms with Gasteiger partial charge in [-0.15, -0.1) is 0 Å². The van der Waals surface area contributed by atoms with E-state index in [0.717, 1.165) is 73.8 Å². The Hall–Kier alpha value is -3.16. The Labute approximate surface area is 254 Å². The fourth-order valence-electron chi connectivity index (χ4n) is 6.66. The molecular weight excluding hydrogens is 548 g/mol. The third kappa shape index (κ3) is 7.81. The number of aromatic nitrogens is 1. The van der Waals surface area contributed by atoms with Crippen molar-refractivity contribution < 1.29 is 14.4 Å². The van der Waals surface area contributed by atoms with Crippen molar-refractivity contribution in [2.45, 2.75) is 77.3 Å². The van der Waals surface area contributed by atoms with E-state index in [1.807, 2.05) is 53.6 Å². The van der Waals surface area contributed by atoms with Crippen molar-refractivity contribution >= 4 is 40.2 Å². The van der Waals surface area contributed by atoms with E-state index < -0.39 is 0 Å². The Morgan fingerprint density at radius 1 is 0.976 bits per heavy atom. The van der Waals surface area contributed by atoms with Crippen LogP contribution in [0, 0.1) is 5.92 Å². The number of piperidine rings is 1. The molecule has 1 N–H and O–H groups in total. The van der Waals surface area contributed by atoms with Gasteiger partial charge in [0.1, 0.15) is 0 Å². The molecule has 0 atom stereocenters. The summed E-state index contributed by atoms with van der Waals surface area (Å²) in [6.07, 6.45) is 10.1. The average Bonchev–Trinajstić information content (AvgIpc) is 3.63. The van der Waals surface area contributed by atoms with Gasteiger partial charge >= 0.3 is 0 Å². The van der Waals surface area contributed by atoms with E-state index in [-0.39, 0.29) is 23.8 Å². The van der Waals surface area contributed by atoms with E-state index >= 15 is 0 Å². The van der Waals surface area contributed by atoms with Crippen LogP contribution in [0.25, 0.3) is 10.9 Å². The summed E-state index contributed by atoms with van der Waals surface area (Å²) in [7, 11) is 0. The largest absolute Gasteiger partial charge is 0.356 e.